The molecule has 0 saturated carbocycles. The Morgan fingerprint density at radius 1 is 1.56 bits per heavy atom. The van der Waals surface area contributed by atoms with Crippen LogP contribution in [-0.4, -0.2) is 48.7 Å². The van der Waals surface area contributed by atoms with Crippen LogP contribution in [0.5, 0.6) is 0 Å². The fourth-order valence-corrected chi connectivity index (χ4v) is 1.87. The maximum atomic E-state index is 11.3. The molecule has 5 nitrogen and oxygen atoms in total. The summed E-state index contributed by atoms with van der Waals surface area (Å²) in [5.41, 5.74) is 0. The quantitative estimate of drug-likeness (QED) is 0.672. The molecule has 0 spiro atoms. The molecular formula is C11H21NO4. The van der Waals surface area contributed by atoms with Crippen molar-refractivity contribution in [3.63, 3.8) is 0 Å². The van der Waals surface area contributed by atoms with Gasteiger partial charge in [-0.15, -0.1) is 0 Å². The Bertz CT molecular complexity index is 222. The summed E-state index contributed by atoms with van der Waals surface area (Å²) in [4.78, 5) is 12.8. The van der Waals surface area contributed by atoms with Crippen LogP contribution in [0.3, 0.4) is 0 Å². The molecule has 1 aliphatic rings. The van der Waals surface area contributed by atoms with E-state index in [4.69, 9.17) is 9.47 Å². The third kappa shape index (κ3) is 3.35. The number of carbonyl (C=O) groups is 1. The lowest BCUT2D eigenvalue weighted by atomic mass is 10.1. The smallest absolute Gasteiger partial charge is 0.412 e. The lowest BCUT2D eigenvalue weighted by Crippen LogP contribution is -2.45. The molecule has 0 bridgehead atoms. The van der Waals surface area contributed by atoms with Crippen molar-refractivity contribution in [2.24, 2.45) is 0 Å². The molecule has 0 radical (unpaired) electrons. The van der Waals surface area contributed by atoms with E-state index >= 15 is 0 Å². The Hall–Kier alpha value is -0.810. The molecule has 1 fully saturated rings. The molecule has 1 rings (SSSR count). The number of ether oxygens (including phenoxy) is 2. The Morgan fingerprint density at radius 2 is 2.31 bits per heavy atom. The Morgan fingerprint density at radius 3 is 2.81 bits per heavy atom. The number of methoxy groups -OCH3 is 1. The molecular weight excluding hydrogens is 210 g/mol. The van der Waals surface area contributed by atoms with Crippen LogP contribution in [0.25, 0.3) is 0 Å². The summed E-state index contributed by atoms with van der Waals surface area (Å²) >= 11 is 0. The van der Waals surface area contributed by atoms with E-state index in [1.807, 2.05) is 0 Å². The standard InChI is InChI=1S/C11H21NO4/c1-3-4-5-6-9(13)10(15-2)12-7-8-16-11(12)14/h9-10,13H,3-8H2,1-2H3. The van der Waals surface area contributed by atoms with Gasteiger partial charge < -0.3 is 14.6 Å². The van der Waals surface area contributed by atoms with Gasteiger partial charge in [0, 0.05) is 7.11 Å². The monoisotopic (exact) mass is 231 g/mol. The fraction of sp³-hybridized carbons (Fsp3) is 0.909. The number of unbranched alkanes of at least 4 members (excludes halogenated alkanes) is 2. The highest BCUT2D eigenvalue weighted by Gasteiger charge is 2.33. The molecule has 1 amide bonds. The highest BCUT2D eigenvalue weighted by Crippen LogP contribution is 2.16. The van der Waals surface area contributed by atoms with E-state index < -0.39 is 18.4 Å². The number of aliphatic hydroxyl groups is 1. The first-order valence-electron chi connectivity index (χ1n) is 5.85. The molecule has 1 N–H and O–H groups in total. The Balaban J connectivity index is 2.42. The first kappa shape index (κ1) is 13.3. The molecule has 2 atom stereocenters. The van der Waals surface area contributed by atoms with Gasteiger partial charge in [0.15, 0.2) is 6.23 Å². The van der Waals surface area contributed by atoms with Crippen LogP contribution >= 0.6 is 0 Å². The van der Waals surface area contributed by atoms with Gasteiger partial charge in [-0.1, -0.05) is 26.2 Å². The maximum Gasteiger partial charge on any atom is 0.412 e. The van der Waals surface area contributed by atoms with Crippen LogP contribution in [0.2, 0.25) is 0 Å². The first-order chi connectivity index (χ1) is 7.70. The topological polar surface area (TPSA) is 59.0 Å². The van der Waals surface area contributed by atoms with Crippen molar-refractivity contribution in [2.45, 2.75) is 44.9 Å². The van der Waals surface area contributed by atoms with Gasteiger partial charge in [0.2, 0.25) is 0 Å². The van der Waals surface area contributed by atoms with Gasteiger partial charge in [-0.25, -0.2) is 4.79 Å². The van der Waals surface area contributed by atoms with Gasteiger partial charge in [0.05, 0.1) is 12.6 Å². The number of nitrogens with zero attached hydrogens (tertiary/aromatic N) is 1. The second-order valence-corrected chi connectivity index (χ2v) is 4.00. The molecule has 1 saturated heterocycles. The average Bonchev–Trinajstić information content (AvgIpc) is 2.67. The van der Waals surface area contributed by atoms with Gasteiger partial charge in [-0.2, -0.15) is 0 Å². The van der Waals surface area contributed by atoms with E-state index in [-0.39, 0.29) is 0 Å². The zero-order chi connectivity index (χ0) is 12.0. The molecule has 16 heavy (non-hydrogen) atoms. The molecule has 1 heterocycles. The molecule has 2 unspecified atom stereocenters. The fourth-order valence-electron chi connectivity index (χ4n) is 1.87. The number of carbonyl (C=O) groups excluding carboxylic acids is 1. The van der Waals surface area contributed by atoms with Crippen molar-refractivity contribution in [2.75, 3.05) is 20.3 Å². The number of hydrogen-bond donors (Lipinski definition) is 1. The number of rotatable bonds is 7. The Labute approximate surface area is 96.3 Å². The van der Waals surface area contributed by atoms with E-state index in [0.717, 1.165) is 19.3 Å². The van der Waals surface area contributed by atoms with Gasteiger partial charge >= 0.3 is 6.09 Å². The molecule has 0 aromatic rings. The number of amides is 1. The molecule has 0 aliphatic carbocycles. The second kappa shape index (κ2) is 6.70. The molecule has 94 valence electrons. The van der Waals surface area contributed by atoms with Crippen molar-refractivity contribution >= 4 is 6.09 Å². The lowest BCUT2D eigenvalue weighted by Gasteiger charge is -2.28. The van der Waals surface area contributed by atoms with Crippen LogP contribution in [-0.2, 0) is 9.47 Å². The minimum atomic E-state index is -0.637. The second-order valence-electron chi connectivity index (χ2n) is 4.00. The summed E-state index contributed by atoms with van der Waals surface area (Å²) in [5.74, 6) is 0. The van der Waals surface area contributed by atoms with E-state index in [1.54, 1.807) is 0 Å². The number of aliphatic hydroxyl groups excluding tert-OH is 1. The van der Waals surface area contributed by atoms with Crippen molar-refractivity contribution in [3.05, 3.63) is 0 Å². The van der Waals surface area contributed by atoms with Gasteiger partial charge in [0.1, 0.15) is 6.61 Å². The Kier molecular flexibility index (Phi) is 5.55. The summed E-state index contributed by atoms with van der Waals surface area (Å²) < 4.78 is 9.99. The van der Waals surface area contributed by atoms with E-state index in [2.05, 4.69) is 6.92 Å². The maximum absolute atomic E-state index is 11.3. The lowest BCUT2D eigenvalue weighted by molar-refractivity contribution is -0.0860. The summed E-state index contributed by atoms with van der Waals surface area (Å²) in [6.45, 7) is 2.97. The summed E-state index contributed by atoms with van der Waals surface area (Å²) in [5, 5.41) is 9.94. The van der Waals surface area contributed by atoms with Crippen molar-refractivity contribution in [1.29, 1.82) is 0 Å². The third-order valence-corrected chi connectivity index (χ3v) is 2.77. The minimum absolute atomic E-state index is 0.375. The predicted octanol–water partition coefficient (Wildman–Crippen LogP) is 1.35. The zero-order valence-electron chi connectivity index (χ0n) is 10.0. The van der Waals surface area contributed by atoms with Crippen LogP contribution in [0, 0.1) is 0 Å². The average molecular weight is 231 g/mol. The number of hydrogen-bond acceptors (Lipinski definition) is 4. The van der Waals surface area contributed by atoms with E-state index in [1.165, 1.54) is 12.0 Å². The van der Waals surface area contributed by atoms with Crippen molar-refractivity contribution in [1.82, 2.24) is 4.90 Å². The highest BCUT2D eigenvalue weighted by atomic mass is 16.6. The van der Waals surface area contributed by atoms with E-state index in [9.17, 15) is 9.90 Å². The van der Waals surface area contributed by atoms with Crippen LogP contribution in [0.1, 0.15) is 32.6 Å². The minimum Gasteiger partial charge on any atom is -0.447 e. The van der Waals surface area contributed by atoms with Crippen LogP contribution < -0.4 is 0 Å². The summed E-state index contributed by atoms with van der Waals surface area (Å²) in [6.07, 6.45) is 2.17. The SMILES string of the molecule is CCCCCC(O)C(OC)N1CCOC1=O. The largest absolute Gasteiger partial charge is 0.447 e. The number of cyclic esters (lactones) is 1. The van der Waals surface area contributed by atoms with Gasteiger partial charge in [-0.3, -0.25) is 4.90 Å². The molecule has 0 aromatic carbocycles. The first-order valence-corrected chi connectivity index (χ1v) is 5.85. The normalized spacial score (nSPS) is 19.7. The van der Waals surface area contributed by atoms with E-state index in [0.29, 0.717) is 19.6 Å². The zero-order valence-corrected chi connectivity index (χ0v) is 10.0. The van der Waals surface area contributed by atoms with Crippen molar-refractivity contribution < 1.29 is 19.4 Å². The molecule has 1 aliphatic heterocycles. The summed E-state index contributed by atoms with van der Waals surface area (Å²) in [7, 11) is 1.50. The summed E-state index contributed by atoms with van der Waals surface area (Å²) in [6, 6.07) is 0. The highest BCUT2D eigenvalue weighted by molar-refractivity contribution is 5.69. The molecule has 0 aromatic heterocycles. The van der Waals surface area contributed by atoms with Gasteiger partial charge in [0.25, 0.3) is 0 Å². The predicted molar refractivity (Wildman–Crippen MR) is 59.0 cm³/mol. The van der Waals surface area contributed by atoms with Crippen LogP contribution in [0.4, 0.5) is 4.79 Å². The third-order valence-electron chi connectivity index (χ3n) is 2.77. The van der Waals surface area contributed by atoms with Crippen LogP contribution in [0.15, 0.2) is 0 Å². The van der Waals surface area contributed by atoms with Crippen molar-refractivity contribution in [3.8, 4) is 0 Å². The van der Waals surface area contributed by atoms with Gasteiger partial charge in [-0.05, 0) is 6.42 Å². The molecule has 5 heteroatoms.